The van der Waals surface area contributed by atoms with E-state index in [2.05, 4.69) is 20.9 Å². The number of aliphatic carboxylic acids is 1. The number of aryl methyl sites for hydroxylation is 1. The number of carbonyl (C=O) groups excluding carboxylic acids is 2. The molecular formula is C42H71N5O16. The van der Waals surface area contributed by atoms with E-state index in [4.69, 9.17) is 38.3 Å². The Bertz CT molecular complexity index is 1550. The summed E-state index contributed by atoms with van der Waals surface area (Å²) in [5, 5.41) is 78.6. The molecule has 2 aliphatic carbocycles. The number of hydrogen-bond acceptors (Lipinski definition) is 17. The van der Waals surface area contributed by atoms with Crippen molar-refractivity contribution in [2.75, 3.05) is 52.8 Å². The van der Waals surface area contributed by atoms with Gasteiger partial charge in [-0.2, -0.15) is 0 Å². The number of ether oxygens (including phenoxy) is 7. The molecular weight excluding hydrogens is 830 g/mol. The molecule has 360 valence electrons. The van der Waals surface area contributed by atoms with Crippen molar-refractivity contribution in [1.29, 1.82) is 0 Å². The lowest BCUT2D eigenvalue weighted by Crippen LogP contribution is -2.67. The van der Waals surface area contributed by atoms with Crippen molar-refractivity contribution in [3.8, 4) is 0 Å². The molecule has 2 amide bonds. The molecule has 0 radical (unpaired) electrons. The van der Waals surface area contributed by atoms with Gasteiger partial charge in [0.1, 0.15) is 36.1 Å². The van der Waals surface area contributed by atoms with Crippen LogP contribution in [0.2, 0.25) is 0 Å². The van der Waals surface area contributed by atoms with E-state index in [0.29, 0.717) is 38.8 Å². The standard InChI is InChI=1S/C42H71N5O16/c1-4-27-19-28(38(53)43-13-16-57-17-14-47-21-29(45-46-47)12-9-15-48)20-30-35(27)63-41(59-5-2)37(52)42(56,23-49)24-58-22-32-34(51)36(33(44-25(3)50)40(61-30)62-32)60-31(39(54)55)18-26-10-7-6-8-11-26/h21,26-28,30-37,40-41,48-49,51-52,56H,4-20,22-24H2,1-3H3,(H,43,53)(H,44,50)(H,54,55)/t27?,28?,30-,31+,32?,33?,34+,35?,36?,37?,40-,41+,42?/m1/s1. The van der Waals surface area contributed by atoms with Gasteiger partial charge in [-0.05, 0) is 50.9 Å². The van der Waals surface area contributed by atoms with Crippen LogP contribution in [0.15, 0.2) is 6.20 Å². The van der Waals surface area contributed by atoms with Gasteiger partial charge in [-0.1, -0.05) is 50.7 Å². The van der Waals surface area contributed by atoms with Crippen molar-refractivity contribution in [3.63, 3.8) is 0 Å². The molecule has 13 atom stereocenters. The first-order valence-electron chi connectivity index (χ1n) is 22.7. The van der Waals surface area contributed by atoms with Gasteiger partial charge in [-0.15, -0.1) is 5.10 Å². The van der Waals surface area contributed by atoms with Crippen molar-refractivity contribution in [1.82, 2.24) is 25.6 Å². The molecule has 21 nitrogen and oxygen atoms in total. The van der Waals surface area contributed by atoms with Gasteiger partial charge in [0.15, 0.2) is 18.7 Å². The quantitative estimate of drug-likeness (QED) is 0.0760. The lowest BCUT2D eigenvalue weighted by Gasteiger charge is -2.48. The topological polar surface area (TPSA) is 292 Å². The van der Waals surface area contributed by atoms with Crippen LogP contribution in [0.3, 0.4) is 0 Å². The number of aliphatic hydroxyl groups is 5. The Balaban J connectivity index is 1.39. The van der Waals surface area contributed by atoms with Gasteiger partial charge in [0.2, 0.25) is 11.8 Å². The summed E-state index contributed by atoms with van der Waals surface area (Å²) in [5.41, 5.74) is -1.54. The molecule has 2 aliphatic heterocycles. The van der Waals surface area contributed by atoms with Crippen LogP contribution in [0.4, 0.5) is 0 Å². The van der Waals surface area contributed by atoms with E-state index in [9.17, 15) is 39.9 Å². The Morgan fingerprint density at radius 2 is 1.81 bits per heavy atom. The molecule has 21 heteroatoms. The second kappa shape index (κ2) is 25.1. The summed E-state index contributed by atoms with van der Waals surface area (Å²) in [4.78, 5) is 39.4. The predicted molar refractivity (Wildman–Crippen MR) is 220 cm³/mol. The third kappa shape index (κ3) is 14.3. The minimum atomic E-state index is -2.31. The first-order valence-corrected chi connectivity index (χ1v) is 22.7. The zero-order valence-corrected chi connectivity index (χ0v) is 36.8. The predicted octanol–water partition coefficient (Wildman–Crippen LogP) is -0.581. The average Bonchev–Trinajstić information content (AvgIpc) is 3.73. The van der Waals surface area contributed by atoms with E-state index in [1.807, 2.05) is 6.92 Å². The number of carbonyl (C=O) groups is 3. The van der Waals surface area contributed by atoms with Gasteiger partial charge in [-0.25, -0.2) is 9.48 Å². The summed E-state index contributed by atoms with van der Waals surface area (Å²) in [6.45, 7) is 4.09. The molecule has 63 heavy (non-hydrogen) atoms. The first-order chi connectivity index (χ1) is 30.3. The third-order valence-electron chi connectivity index (χ3n) is 12.6. The summed E-state index contributed by atoms with van der Waals surface area (Å²) in [6, 6.07) is -1.26. The molecule has 2 bridgehead atoms. The van der Waals surface area contributed by atoms with Crippen LogP contribution in [-0.4, -0.2) is 183 Å². The minimum Gasteiger partial charge on any atom is -0.479 e. The molecule has 0 spiro atoms. The van der Waals surface area contributed by atoms with E-state index in [0.717, 1.165) is 37.8 Å². The van der Waals surface area contributed by atoms with Crippen molar-refractivity contribution in [2.24, 2.45) is 17.8 Å². The smallest absolute Gasteiger partial charge is 0.332 e. The van der Waals surface area contributed by atoms with Gasteiger partial charge < -0.3 is 74.4 Å². The number of aliphatic hydroxyl groups excluding tert-OH is 4. The Morgan fingerprint density at radius 3 is 2.49 bits per heavy atom. The monoisotopic (exact) mass is 901 g/mol. The van der Waals surface area contributed by atoms with Gasteiger partial charge >= 0.3 is 5.97 Å². The second-order valence-electron chi connectivity index (χ2n) is 17.3. The van der Waals surface area contributed by atoms with Crippen molar-refractivity contribution < 1.29 is 78.2 Å². The van der Waals surface area contributed by atoms with E-state index in [1.165, 1.54) is 6.92 Å². The summed E-state index contributed by atoms with van der Waals surface area (Å²) in [5.74, 6) is -2.99. The molecule has 2 saturated heterocycles. The Labute approximate surface area is 368 Å². The molecule has 4 fully saturated rings. The number of aromatic nitrogens is 3. The number of fused-ring (bicyclic) bond motifs is 3. The van der Waals surface area contributed by atoms with Crippen LogP contribution in [-0.2, 0) is 60.5 Å². The van der Waals surface area contributed by atoms with Crippen LogP contribution in [0, 0.1) is 17.8 Å². The normalized spacial score (nSPS) is 33.8. The molecule has 2 saturated carbocycles. The maximum Gasteiger partial charge on any atom is 0.332 e. The third-order valence-corrected chi connectivity index (χ3v) is 12.6. The minimum absolute atomic E-state index is 0.0476. The van der Waals surface area contributed by atoms with Crippen molar-refractivity contribution in [3.05, 3.63) is 11.9 Å². The summed E-state index contributed by atoms with van der Waals surface area (Å²) in [7, 11) is 0. The average molecular weight is 902 g/mol. The number of nitrogens with zero attached hydrogens (tertiary/aromatic N) is 3. The Hall–Kier alpha value is -2.93. The molecule has 0 aromatic carbocycles. The second-order valence-corrected chi connectivity index (χ2v) is 17.3. The molecule has 4 aliphatic rings. The van der Waals surface area contributed by atoms with E-state index in [1.54, 1.807) is 17.8 Å². The number of hydrogen-bond donors (Lipinski definition) is 8. The van der Waals surface area contributed by atoms with E-state index < -0.39 is 110 Å². The molecule has 5 rings (SSSR count). The summed E-state index contributed by atoms with van der Waals surface area (Å²) >= 11 is 0. The molecule has 3 heterocycles. The van der Waals surface area contributed by atoms with Crippen LogP contribution in [0.25, 0.3) is 0 Å². The molecule has 1 aromatic heterocycles. The summed E-state index contributed by atoms with van der Waals surface area (Å²) in [6.07, 6.45) is -3.55. The van der Waals surface area contributed by atoms with E-state index in [-0.39, 0.29) is 51.0 Å². The zero-order chi connectivity index (χ0) is 45.5. The van der Waals surface area contributed by atoms with Gasteiger partial charge in [0.25, 0.3) is 0 Å². The highest BCUT2D eigenvalue weighted by Gasteiger charge is 2.53. The molecule has 1 aromatic rings. The fourth-order valence-corrected chi connectivity index (χ4v) is 9.11. The zero-order valence-electron chi connectivity index (χ0n) is 36.8. The van der Waals surface area contributed by atoms with Crippen LogP contribution >= 0.6 is 0 Å². The lowest BCUT2D eigenvalue weighted by atomic mass is 9.75. The number of amides is 2. The SMILES string of the molecule is CCO[C@H]1OC2C(CC)CC(C(=O)NCCOCCn3cc(CCCO)nn3)C[C@H]2O[C@@H]2OC(COCC(O)(CO)C1O)[C@H](O)C(O[C@@H](CC1CCCCC1)C(=O)O)C2NC(C)=O. The fraction of sp³-hybridized carbons (Fsp3) is 0.881. The highest BCUT2D eigenvalue weighted by Crippen LogP contribution is 2.40. The van der Waals surface area contributed by atoms with Gasteiger partial charge in [0.05, 0.1) is 57.5 Å². The summed E-state index contributed by atoms with van der Waals surface area (Å²) < 4.78 is 44.9. The van der Waals surface area contributed by atoms with Crippen molar-refractivity contribution in [2.45, 2.75) is 165 Å². The van der Waals surface area contributed by atoms with Gasteiger partial charge in [0, 0.05) is 38.8 Å². The first kappa shape index (κ1) is 51.1. The highest BCUT2D eigenvalue weighted by atomic mass is 16.7. The van der Waals surface area contributed by atoms with Crippen LogP contribution in [0.5, 0.6) is 0 Å². The van der Waals surface area contributed by atoms with Crippen molar-refractivity contribution >= 4 is 17.8 Å². The van der Waals surface area contributed by atoms with E-state index >= 15 is 0 Å². The highest BCUT2D eigenvalue weighted by molar-refractivity contribution is 5.78. The lowest BCUT2D eigenvalue weighted by molar-refractivity contribution is -0.318. The van der Waals surface area contributed by atoms with Gasteiger partial charge in [-0.3, -0.25) is 9.59 Å². The number of carboxylic acid groups (broad SMARTS) is 1. The molecule has 8 N–H and O–H groups in total. The maximum atomic E-state index is 13.9. The largest absolute Gasteiger partial charge is 0.479 e. The Kier molecular flexibility index (Phi) is 20.3. The number of nitrogens with one attached hydrogen (secondary N) is 2. The number of rotatable bonds is 20. The molecule has 8 unspecified atom stereocenters. The number of carboxylic acids is 1. The Morgan fingerprint density at radius 1 is 1.05 bits per heavy atom. The maximum absolute atomic E-state index is 13.9. The van der Waals surface area contributed by atoms with Crippen LogP contribution in [0.1, 0.15) is 90.7 Å². The fourth-order valence-electron chi connectivity index (χ4n) is 9.11. The van der Waals surface area contributed by atoms with Crippen LogP contribution < -0.4 is 10.6 Å².